The standard InChI is InChI=1S/C12H18ClNO/c1-15-12-8-6-10-14-11(12)7-4-2-3-5-9-13/h6,8,10H,2-5,7,9H2,1H3. The molecule has 0 fully saturated rings. The quantitative estimate of drug-likeness (QED) is 0.526. The summed E-state index contributed by atoms with van der Waals surface area (Å²) in [5.41, 5.74) is 1.06. The summed E-state index contributed by atoms with van der Waals surface area (Å²) < 4.78 is 5.24. The molecular weight excluding hydrogens is 210 g/mol. The van der Waals surface area contributed by atoms with Crippen LogP contribution in [-0.2, 0) is 6.42 Å². The van der Waals surface area contributed by atoms with Crippen molar-refractivity contribution in [1.82, 2.24) is 4.98 Å². The summed E-state index contributed by atoms with van der Waals surface area (Å²) in [7, 11) is 1.69. The molecule has 0 N–H and O–H groups in total. The van der Waals surface area contributed by atoms with Crippen LogP contribution in [0.1, 0.15) is 31.4 Å². The number of alkyl halides is 1. The van der Waals surface area contributed by atoms with Gasteiger partial charge >= 0.3 is 0 Å². The SMILES string of the molecule is COc1cccnc1CCCCCCCl. The zero-order valence-electron chi connectivity index (χ0n) is 9.21. The van der Waals surface area contributed by atoms with E-state index in [2.05, 4.69) is 4.98 Å². The minimum Gasteiger partial charge on any atom is -0.495 e. The molecular formula is C12H18ClNO. The van der Waals surface area contributed by atoms with Crippen molar-refractivity contribution in [3.8, 4) is 5.75 Å². The average molecular weight is 228 g/mol. The second-order valence-corrected chi connectivity index (χ2v) is 3.88. The number of hydrogen-bond donors (Lipinski definition) is 0. The first-order valence-corrected chi connectivity index (χ1v) is 5.95. The number of halogens is 1. The van der Waals surface area contributed by atoms with Gasteiger partial charge in [-0.3, -0.25) is 4.98 Å². The molecule has 15 heavy (non-hydrogen) atoms. The van der Waals surface area contributed by atoms with Crippen LogP contribution in [-0.4, -0.2) is 18.0 Å². The van der Waals surface area contributed by atoms with Gasteiger partial charge in [0, 0.05) is 12.1 Å². The van der Waals surface area contributed by atoms with Gasteiger partial charge in [-0.1, -0.05) is 12.8 Å². The molecule has 0 amide bonds. The van der Waals surface area contributed by atoms with E-state index in [0.717, 1.165) is 36.6 Å². The maximum atomic E-state index is 5.61. The maximum Gasteiger partial charge on any atom is 0.140 e. The molecule has 0 aliphatic rings. The number of aromatic nitrogens is 1. The van der Waals surface area contributed by atoms with Crippen LogP contribution in [0.5, 0.6) is 5.75 Å². The predicted molar refractivity (Wildman–Crippen MR) is 63.7 cm³/mol. The van der Waals surface area contributed by atoms with Crippen LogP contribution in [0, 0.1) is 0 Å². The van der Waals surface area contributed by atoms with E-state index in [1.807, 2.05) is 18.3 Å². The Hall–Kier alpha value is -0.760. The van der Waals surface area contributed by atoms with Crippen molar-refractivity contribution in [2.75, 3.05) is 13.0 Å². The van der Waals surface area contributed by atoms with Crippen molar-refractivity contribution in [3.63, 3.8) is 0 Å². The fraction of sp³-hybridized carbons (Fsp3) is 0.583. The largest absolute Gasteiger partial charge is 0.495 e. The molecule has 3 heteroatoms. The van der Waals surface area contributed by atoms with Gasteiger partial charge in [-0.25, -0.2) is 0 Å². The summed E-state index contributed by atoms with van der Waals surface area (Å²) in [4.78, 5) is 4.32. The second kappa shape index (κ2) is 7.52. The van der Waals surface area contributed by atoms with Crippen LogP contribution in [0.25, 0.3) is 0 Å². The maximum absolute atomic E-state index is 5.61. The normalized spacial score (nSPS) is 10.3. The van der Waals surface area contributed by atoms with Gasteiger partial charge in [-0.2, -0.15) is 0 Å². The molecule has 0 spiro atoms. The molecule has 0 radical (unpaired) electrons. The average Bonchev–Trinajstić information content (AvgIpc) is 2.29. The van der Waals surface area contributed by atoms with E-state index >= 15 is 0 Å². The Morgan fingerprint density at radius 1 is 1.27 bits per heavy atom. The first-order valence-electron chi connectivity index (χ1n) is 5.42. The molecule has 0 bridgehead atoms. The van der Waals surface area contributed by atoms with Crippen molar-refractivity contribution in [2.24, 2.45) is 0 Å². The Balaban J connectivity index is 2.30. The molecule has 84 valence electrons. The van der Waals surface area contributed by atoms with Gasteiger partial charge < -0.3 is 4.74 Å². The van der Waals surface area contributed by atoms with Crippen LogP contribution in [0.2, 0.25) is 0 Å². The Bertz CT molecular complexity index is 278. The minimum atomic E-state index is 0.771. The van der Waals surface area contributed by atoms with Crippen LogP contribution in [0.15, 0.2) is 18.3 Å². The molecule has 0 aromatic carbocycles. The zero-order valence-corrected chi connectivity index (χ0v) is 9.96. The fourth-order valence-corrected chi connectivity index (χ4v) is 1.73. The summed E-state index contributed by atoms with van der Waals surface area (Å²) in [5.74, 6) is 1.67. The third kappa shape index (κ3) is 4.52. The van der Waals surface area contributed by atoms with Crippen molar-refractivity contribution >= 4 is 11.6 Å². The highest BCUT2D eigenvalue weighted by Gasteiger charge is 2.02. The van der Waals surface area contributed by atoms with Gasteiger partial charge in [-0.05, 0) is 31.4 Å². The summed E-state index contributed by atoms with van der Waals surface area (Å²) in [5, 5.41) is 0. The van der Waals surface area contributed by atoms with Gasteiger partial charge in [0.2, 0.25) is 0 Å². The second-order valence-electron chi connectivity index (χ2n) is 3.51. The predicted octanol–water partition coefficient (Wildman–Crippen LogP) is 3.43. The van der Waals surface area contributed by atoms with Crippen molar-refractivity contribution in [1.29, 1.82) is 0 Å². The number of nitrogens with zero attached hydrogens (tertiary/aromatic N) is 1. The van der Waals surface area contributed by atoms with E-state index in [-0.39, 0.29) is 0 Å². The number of unbranched alkanes of at least 4 members (excludes halogenated alkanes) is 3. The lowest BCUT2D eigenvalue weighted by molar-refractivity contribution is 0.405. The summed E-state index contributed by atoms with van der Waals surface area (Å²) in [6.07, 6.45) is 7.50. The molecule has 1 heterocycles. The molecule has 0 aliphatic heterocycles. The Morgan fingerprint density at radius 3 is 2.80 bits per heavy atom. The first-order chi connectivity index (χ1) is 7.38. The molecule has 0 aliphatic carbocycles. The smallest absolute Gasteiger partial charge is 0.140 e. The van der Waals surface area contributed by atoms with Crippen LogP contribution in [0.3, 0.4) is 0 Å². The highest BCUT2D eigenvalue weighted by Crippen LogP contribution is 2.17. The first kappa shape index (κ1) is 12.3. The highest BCUT2D eigenvalue weighted by atomic mass is 35.5. The topological polar surface area (TPSA) is 22.1 Å². The van der Waals surface area contributed by atoms with Crippen LogP contribution >= 0.6 is 11.6 Å². The van der Waals surface area contributed by atoms with Crippen molar-refractivity contribution < 1.29 is 4.74 Å². The van der Waals surface area contributed by atoms with Gasteiger partial charge in [0.15, 0.2) is 0 Å². The van der Waals surface area contributed by atoms with Crippen molar-refractivity contribution in [3.05, 3.63) is 24.0 Å². The van der Waals surface area contributed by atoms with E-state index < -0.39 is 0 Å². The van der Waals surface area contributed by atoms with Gasteiger partial charge in [0.1, 0.15) is 5.75 Å². The Labute approximate surface area is 96.6 Å². The molecule has 1 aromatic heterocycles. The Kier molecular flexibility index (Phi) is 6.17. The number of hydrogen-bond acceptors (Lipinski definition) is 2. The summed E-state index contributed by atoms with van der Waals surface area (Å²) >= 11 is 5.61. The highest BCUT2D eigenvalue weighted by molar-refractivity contribution is 6.17. The molecule has 0 saturated carbocycles. The van der Waals surface area contributed by atoms with E-state index in [1.165, 1.54) is 12.8 Å². The monoisotopic (exact) mass is 227 g/mol. The summed E-state index contributed by atoms with van der Waals surface area (Å²) in [6.45, 7) is 0. The lowest BCUT2D eigenvalue weighted by Gasteiger charge is -2.06. The molecule has 0 saturated heterocycles. The molecule has 2 nitrogen and oxygen atoms in total. The fourth-order valence-electron chi connectivity index (χ4n) is 1.54. The van der Waals surface area contributed by atoms with Crippen LogP contribution < -0.4 is 4.74 Å². The third-order valence-corrected chi connectivity index (χ3v) is 2.63. The lowest BCUT2D eigenvalue weighted by atomic mass is 10.1. The van der Waals surface area contributed by atoms with E-state index in [1.54, 1.807) is 7.11 Å². The Morgan fingerprint density at radius 2 is 2.07 bits per heavy atom. The van der Waals surface area contributed by atoms with E-state index in [4.69, 9.17) is 16.3 Å². The molecule has 1 aromatic rings. The number of ether oxygens (including phenoxy) is 1. The van der Waals surface area contributed by atoms with Gasteiger partial charge in [-0.15, -0.1) is 11.6 Å². The van der Waals surface area contributed by atoms with Crippen LogP contribution in [0.4, 0.5) is 0 Å². The van der Waals surface area contributed by atoms with Gasteiger partial charge in [0.05, 0.1) is 12.8 Å². The van der Waals surface area contributed by atoms with E-state index in [0.29, 0.717) is 0 Å². The number of pyridine rings is 1. The number of aryl methyl sites for hydroxylation is 1. The molecule has 0 atom stereocenters. The molecule has 1 rings (SSSR count). The number of methoxy groups -OCH3 is 1. The van der Waals surface area contributed by atoms with Gasteiger partial charge in [0.25, 0.3) is 0 Å². The van der Waals surface area contributed by atoms with E-state index in [9.17, 15) is 0 Å². The lowest BCUT2D eigenvalue weighted by Crippen LogP contribution is -1.95. The summed E-state index contributed by atoms with van der Waals surface area (Å²) in [6, 6.07) is 3.86. The third-order valence-electron chi connectivity index (χ3n) is 2.37. The minimum absolute atomic E-state index is 0.771. The number of rotatable bonds is 7. The molecule has 0 unspecified atom stereocenters. The zero-order chi connectivity index (χ0) is 10.9. The van der Waals surface area contributed by atoms with Crippen molar-refractivity contribution in [2.45, 2.75) is 32.1 Å².